The van der Waals surface area contributed by atoms with Crippen molar-refractivity contribution in [2.24, 2.45) is 0 Å². The standard InChI is InChI=1S/C18H22ClN3O2S/c1-12(2)22-17(24)14-7-6-13(19)10-15(14)20-18(22)25-11-16(23)21-8-4-3-5-9-21/h6-7,10,12H,3-5,8-9,11H2,1-2H3. The first-order valence-electron chi connectivity index (χ1n) is 8.60. The van der Waals surface area contributed by atoms with Crippen LogP contribution in [0.5, 0.6) is 0 Å². The van der Waals surface area contributed by atoms with E-state index in [-0.39, 0.29) is 17.5 Å². The van der Waals surface area contributed by atoms with Crippen LogP contribution in [-0.2, 0) is 4.79 Å². The molecule has 1 saturated heterocycles. The van der Waals surface area contributed by atoms with Crippen LogP contribution in [-0.4, -0.2) is 39.2 Å². The molecule has 0 saturated carbocycles. The van der Waals surface area contributed by atoms with Crippen molar-refractivity contribution in [1.29, 1.82) is 0 Å². The molecule has 1 amide bonds. The Balaban J connectivity index is 1.90. The van der Waals surface area contributed by atoms with Crippen LogP contribution in [0.4, 0.5) is 0 Å². The van der Waals surface area contributed by atoms with Crippen LogP contribution in [0.1, 0.15) is 39.2 Å². The molecule has 7 heteroatoms. The van der Waals surface area contributed by atoms with Crippen LogP contribution in [0.3, 0.4) is 0 Å². The lowest BCUT2D eigenvalue weighted by Gasteiger charge is -2.26. The zero-order valence-electron chi connectivity index (χ0n) is 14.5. The minimum atomic E-state index is -0.0930. The summed E-state index contributed by atoms with van der Waals surface area (Å²) in [5.74, 6) is 0.408. The van der Waals surface area contributed by atoms with Crippen LogP contribution in [0, 0.1) is 0 Å². The average Bonchev–Trinajstić information content (AvgIpc) is 2.59. The van der Waals surface area contributed by atoms with Crippen LogP contribution in [0.2, 0.25) is 5.02 Å². The highest BCUT2D eigenvalue weighted by molar-refractivity contribution is 7.99. The lowest BCUT2D eigenvalue weighted by molar-refractivity contribution is -0.129. The quantitative estimate of drug-likeness (QED) is 0.600. The van der Waals surface area contributed by atoms with Crippen molar-refractivity contribution in [3.63, 3.8) is 0 Å². The fraction of sp³-hybridized carbons (Fsp3) is 0.500. The highest BCUT2D eigenvalue weighted by Crippen LogP contribution is 2.23. The molecular weight excluding hydrogens is 358 g/mol. The topological polar surface area (TPSA) is 55.2 Å². The Hall–Kier alpha value is -1.53. The summed E-state index contributed by atoms with van der Waals surface area (Å²) in [4.78, 5) is 31.8. The van der Waals surface area contributed by atoms with Crippen molar-refractivity contribution < 1.29 is 4.79 Å². The van der Waals surface area contributed by atoms with Gasteiger partial charge in [0, 0.05) is 24.2 Å². The molecule has 0 spiro atoms. The van der Waals surface area contributed by atoms with E-state index in [1.165, 1.54) is 18.2 Å². The Labute approximate surface area is 156 Å². The Morgan fingerprint density at radius 1 is 1.28 bits per heavy atom. The third-order valence-corrected chi connectivity index (χ3v) is 5.55. The maximum absolute atomic E-state index is 12.8. The normalized spacial score (nSPS) is 15.1. The zero-order valence-corrected chi connectivity index (χ0v) is 16.1. The molecule has 2 aromatic rings. The fourth-order valence-electron chi connectivity index (χ4n) is 3.07. The van der Waals surface area contributed by atoms with Gasteiger partial charge in [0.25, 0.3) is 5.56 Å². The van der Waals surface area contributed by atoms with Crippen molar-refractivity contribution in [3.05, 3.63) is 33.6 Å². The van der Waals surface area contributed by atoms with Gasteiger partial charge in [-0.05, 0) is 51.3 Å². The number of nitrogens with zero attached hydrogens (tertiary/aromatic N) is 3. The van der Waals surface area contributed by atoms with E-state index < -0.39 is 0 Å². The summed E-state index contributed by atoms with van der Waals surface area (Å²) in [6.45, 7) is 5.55. The predicted molar refractivity (Wildman–Crippen MR) is 103 cm³/mol. The maximum Gasteiger partial charge on any atom is 0.262 e. The average molecular weight is 380 g/mol. The van der Waals surface area contributed by atoms with Crippen LogP contribution in [0.15, 0.2) is 28.2 Å². The molecule has 0 unspecified atom stereocenters. The molecule has 25 heavy (non-hydrogen) atoms. The summed E-state index contributed by atoms with van der Waals surface area (Å²) in [5, 5.41) is 1.66. The number of hydrogen-bond donors (Lipinski definition) is 0. The number of likely N-dealkylation sites (tertiary alicyclic amines) is 1. The van der Waals surface area contributed by atoms with Crippen LogP contribution in [0.25, 0.3) is 10.9 Å². The molecule has 1 aliphatic heterocycles. The van der Waals surface area contributed by atoms with Gasteiger partial charge in [-0.3, -0.25) is 14.2 Å². The van der Waals surface area contributed by atoms with Gasteiger partial charge in [-0.15, -0.1) is 0 Å². The Morgan fingerprint density at radius 3 is 2.68 bits per heavy atom. The van der Waals surface area contributed by atoms with E-state index in [1.807, 2.05) is 18.7 Å². The van der Waals surface area contributed by atoms with E-state index in [0.29, 0.717) is 26.8 Å². The van der Waals surface area contributed by atoms with Crippen molar-refractivity contribution in [2.75, 3.05) is 18.8 Å². The molecule has 1 aromatic carbocycles. The van der Waals surface area contributed by atoms with Gasteiger partial charge in [-0.25, -0.2) is 4.98 Å². The van der Waals surface area contributed by atoms with Gasteiger partial charge in [0.2, 0.25) is 5.91 Å². The molecule has 1 aromatic heterocycles. The number of carbonyl (C=O) groups is 1. The van der Waals surface area contributed by atoms with Gasteiger partial charge in [-0.2, -0.15) is 0 Å². The molecule has 0 bridgehead atoms. The largest absolute Gasteiger partial charge is 0.342 e. The fourth-order valence-corrected chi connectivity index (χ4v) is 4.27. The molecule has 1 fully saturated rings. The van der Waals surface area contributed by atoms with E-state index in [1.54, 1.807) is 22.8 Å². The van der Waals surface area contributed by atoms with Crippen molar-refractivity contribution in [2.45, 2.75) is 44.3 Å². The van der Waals surface area contributed by atoms with E-state index in [9.17, 15) is 9.59 Å². The summed E-state index contributed by atoms with van der Waals surface area (Å²) >= 11 is 7.37. The molecule has 0 aliphatic carbocycles. The molecule has 5 nitrogen and oxygen atoms in total. The molecule has 0 radical (unpaired) electrons. The first-order valence-corrected chi connectivity index (χ1v) is 9.96. The number of rotatable bonds is 4. The maximum atomic E-state index is 12.8. The third-order valence-electron chi connectivity index (χ3n) is 4.38. The minimum absolute atomic E-state index is 0.0346. The number of amides is 1. The van der Waals surface area contributed by atoms with Crippen LogP contribution < -0.4 is 5.56 Å². The second-order valence-electron chi connectivity index (χ2n) is 6.55. The van der Waals surface area contributed by atoms with E-state index in [4.69, 9.17) is 11.6 Å². The number of benzene rings is 1. The third kappa shape index (κ3) is 4.01. The van der Waals surface area contributed by atoms with Crippen molar-refractivity contribution >= 4 is 40.2 Å². The SMILES string of the molecule is CC(C)n1c(SCC(=O)N2CCCCC2)nc2cc(Cl)ccc2c1=O. The first-order chi connectivity index (χ1) is 12.0. The van der Waals surface area contributed by atoms with E-state index >= 15 is 0 Å². The lowest BCUT2D eigenvalue weighted by Crippen LogP contribution is -2.37. The number of halogens is 1. The van der Waals surface area contributed by atoms with Gasteiger partial charge in [-0.1, -0.05) is 23.4 Å². The summed E-state index contributed by atoms with van der Waals surface area (Å²) in [5.41, 5.74) is 0.479. The van der Waals surface area contributed by atoms with E-state index in [2.05, 4.69) is 4.98 Å². The molecule has 2 heterocycles. The van der Waals surface area contributed by atoms with Gasteiger partial charge < -0.3 is 4.90 Å². The van der Waals surface area contributed by atoms with Crippen molar-refractivity contribution in [3.8, 4) is 0 Å². The highest BCUT2D eigenvalue weighted by Gasteiger charge is 2.19. The van der Waals surface area contributed by atoms with Crippen LogP contribution >= 0.6 is 23.4 Å². The zero-order chi connectivity index (χ0) is 18.0. The summed E-state index contributed by atoms with van der Waals surface area (Å²) in [6.07, 6.45) is 3.33. The highest BCUT2D eigenvalue weighted by atomic mass is 35.5. The van der Waals surface area contributed by atoms with Gasteiger partial charge in [0.15, 0.2) is 5.16 Å². The summed E-state index contributed by atoms with van der Waals surface area (Å²) in [7, 11) is 0. The van der Waals surface area contributed by atoms with Crippen molar-refractivity contribution in [1.82, 2.24) is 14.5 Å². The predicted octanol–water partition coefficient (Wildman–Crippen LogP) is 3.74. The second-order valence-corrected chi connectivity index (χ2v) is 7.93. The monoisotopic (exact) mass is 379 g/mol. The van der Waals surface area contributed by atoms with Gasteiger partial charge >= 0.3 is 0 Å². The number of thioether (sulfide) groups is 1. The molecule has 1 aliphatic rings. The Morgan fingerprint density at radius 2 is 2.00 bits per heavy atom. The number of carbonyl (C=O) groups excluding carboxylic acids is 1. The number of fused-ring (bicyclic) bond motifs is 1. The number of aromatic nitrogens is 2. The second kappa shape index (κ2) is 7.79. The van der Waals surface area contributed by atoms with Gasteiger partial charge in [0.05, 0.1) is 16.7 Å². The van der Waals surface area contributed by atoms with Gasteiger partial charge in [0.1, 0.15) is 0 Å². The molecular formula is C18H22ClN3O2S. The minimum Gasteiger partial charge on any atom is -0.342 e. The first kappa shape index (κ1) is 18.3. The molecule has 134 valence electrons. The summed E-state index contributed by atoms with van der Waals surface area (Å²) in [6, 6.07) is 5.07. The number of piperidine rings is 1. The van der Waals surface area contributed by atoms with E-state index in [0.717, 1.165) is 25.9 Å². The summed E-state index contributed by atoms with van der Waals surface area (Å²) < 4.78 is 1.66. The lowest BCUT2D eigenvalue weighted by atomic mass is 10.1. The molecule has 0 N–H and O–H groups in total. The molecule has 3 rings (SSSR count). The number of hydrogen-bond acceptors (Lipinski definition) is 4. The molecule has 0 atom stereocenters. The Kier molecular flexibility index (Phi) is 5.69. The Bertz CT molecular complexity index is 844. The smallest absolute Gasteiger partial charge is 0.262 e.